The lowest BCUT2D eigenvalue weighted by Crippen LogP contribution is -2.22. The van der Waals surface area contributed by atoms with E-state index in [1.165, 1.54) is 10.2 Å². The quantitative estimate of drug-likeness (QED) is 0.172. The number of aromatic nitrogens is 2. The van der Waals surface area contributed by atoms with E-state index in [-0.39, 0.29) is 5.56 Å². The minimum absolute atomic E-state index is 0.198. The summed E-state index contributed by atoms with van der Waals surface area (Å²) in [5.41, 5.74) is 3.51. The van der Waals surface area contributed by atoms with Crippen LogP contribution in [0, 0.1) is 6.92 Å². The molecule has 0 aliphatic carbocycles. The molecule has 1 aromatic heterocycles. The van der Waals surface area contributed by atoms with Crippen molar-refractivity contribution >= 4 is 49.0 Å². The number of unbranched alkanes of at least 4 members (excludes halogenated alkanes) is 1. The van der Waals surface area contributed by atoms with Crippen LogP contribution in [-0.4, -0.2) is 22.5 Å². The second kappa shape index (κ2) is 12.5. The lowest BCUT2D eigenvalue weighted by atomic mass is 10.1. The largest absolute Gasteiger partial charge is 0.490 e. The Kier molecular flexibility index (Phi) is 9.16. The van der Waals surface area contributed by atoms with Crippen molar-refractivity contribution in [1.29, 1.82) is 0 Å². The van der Waals surface area contributed by atoms with E-state index in [9.17, 15) is 4.79 Å². The van der Waals surface area contributed by atoms with Crippen molar-refractivity contribution in [2.45, 2.75) is 46.6 Å². The number of halogens is 2. The van der Waals surface area contributed by atoms with Crippen LogP contribution in [-0.2, 0) is 13.0 Å². The van der Waals surface area contributed by atoms with Crippen molar-refractivity contribution in [3.05, 3.63) is 96.4 Å². The van der Waals surface area contributed by atoms with Crippen LogP contribution in [0.5, 0.6) is 11.5 Å². The molecule has 3 aromatic carbocycles. The van der Waals surface area contributed by atoms with E-state index < -0.39 is 0 Å². The third kappa shape index (κ3) is 6.67. The predicted octanol–water partition coefficient (Wildman–Crippen LogP) is 7.43. The van der Waals surface area contributed by atoms with Crippen LogP contribution in [0.15, 0.2) is 73.4 Å². The fourth-order valence-corrected chi connectivity index (χ4v) is 4.78. The molecule has 0 radical (unpaired) electrons. The Balaban J connectivity index is 1.68. The van der Waals surface area contributed by atoms with Gasteiger partial charge in [-0.1, -0.05) is 59.1 Å². The molecule has 0 saturated heterocycles. The minimum atomic E-state index is -0.198. The van der Waals surface area contributed by atoms with E-state index in [1.54, 1.807) is 12.3 Å². The van der Waals surface area contributed by atoms with Crippen molar-refractivity contribution in [1.82, 2.24) is 9.66 Å². The summed E-state index contributed by atoms with van der Waals surface area (Å²) < 4.78 is 15.0. The molecule has 0 bridgehead atoms. The van der Waals surface area contributed by atoms with Crippen molar-refractivity contribution in [3.63, 3.8) is 0 Å². The van der Waals surface area contributed by atoms with E-state index >= 15 is 0 Å². The van der Waals surface area contributed by atoms with Gasteiger partial charge in [0.05, 0.1) is 28.2 Å². The molecule has 37 heavy (non-hydrogen) atoms. The summed E-state index contributed by atoms with van der Waals surface area (Å²) in [7, 11) is 0. The molecule has 0 atom stereocenters. The Morgan fingerprint density at radius 3 is 2.54 bits per heavy atom. The Hall–Kier alpha value is -2.97. The number of benzene rings is 3. The first-order valence-electron chi connectivity index (χ1n) is 12.3. The smallest absolute Gasteiger partial charge is 0.282 e. The Bertz CT molecular complexity index is 1480. The van der Waals surface area contributed by atoms with Crippen molar-refractivity contribution in [2.24, 2.45) is 5.10 Å². The summed E-state index contributed by atoms with van der Waals surface area (Å²) in [5.74, 6) is 1.86. The first kappa shape index (κ1) is 27.1. The van der Waals surface area contributed by atoms with Crippen LogP contribution in [0.4, 0.5) is 0 Å². The molecule has 4 aromatic rings. The van der Waals surface area contributed by atoms with Crippen LogP contribution >= 0.6 is 31.9 Å². The Morgan fingerprint density at radius 2 is 1.81 bits per heavy atom. The molecule has 6 nitrogen and oxygen atoms in total. The highest BCUT2D eigenvalue weighted by atomic mass is 79.9. The molecule has 192 valence electrons. The summed E-state index contributed by atoms with van der Waals surface area (Å²) in [6.07, 6.45) is 4.22. The van der Waals surface area contributed by atoms with Gasteiger partial charge in [-0.25, -0.2) is 4.98 Å². The molecule has 0 aliphatic rings. The fraction of sp³-hybridized carbons (Fsp3) is 0.276. The number of nitrogens with zero attached hydrogens (tertiary/aromatic N) is 3. The summed E-state index contributed by atoms with van der Waals surface area (Å²) in [5, 5.41) is 5.08. The molecular weight excluding hydrogens is 598 g/mol. The fourth-order valence-electron chi connectivity index (χ4n) is 3.84. The molecule has 0 aliphatic heterocycles. The van der Waals surface area contributed by atoms with Crippen LogP contribution in [0.3, 0.4) is 0 Å². The van der Waals surface area contributed by atoms with Crippen LogP contribution < -0.4 is 15.0 Å². The number of fused-ring (bicyclic) bond motifs is 1. The zero-order valence-corrected chi connectivity index (χ0v) is 24.3. The normalized spacial score (nSPS) is 11.4. The first-order chi connectivity index (χ1) is 17.9. The van der Waals surface area contributed by atoms with E-state index in [0.717, 1.165) is 32.9 Å². The van der Waals surface area contributed by atoms with Gasteiger partial charge < -0.3 is 9.47 Å². The van der Waals surface area contributed by atoms with Gasteiger partial charge >= 0.3 is 0 Å². The summed E-state index contributed by atoms with van der Waals surface area (Å²) in [4.78, 5) is 18.1. The average molecular weight is 627 g/mol. The maximum Gasteiger partial charge on any atom is 0.282 e. The summed E-state index contributed by atoms with van der Waals surface area (Å²) in [6.45, 7) is 7.00. The molecule has 0 amide bonds. The van der Waals surface area contributed by atoms with E-state index in [1.807, 2.05) is 31.2 Å². The number of ether oxygens (including phenoxy) is 2. The second-order valence-electron chi connectivity index (χ2n) is 8.69. The molecule has 0 fully saturated rings. The molecule has 1 heterocycles. The average Bonchev–Trinajstić information content (AvgIpc) is 2.88. The molecule has 0 N–H and O–H groups in total. The Morgan fingerprint density at radius 1 is 1.03 bits per heavy atom. The van der Waals surface area contributed by atoms with E-state index in [2.05, 4.69) is 75.1 Å². The van der Waals surface area contributed by atoms with Gasteiger partial charge in [-0.15, -0.1) is 0 Å². The van der Waals surface area contributed by atoms with E-state index in [4.69, 9.17) is 14.5 Å². The molecule has 0 spiro atoms. The topological polar surface area (TPSA) is 65.7 Å². The highest BCUT2D eigenvalue weighted by Gasteiger charge is 2.14. The summed E-state index contributed by atoms with van der Waals surface area (Å²) >= 11 is 7.08. The maximum atomic E-state index is 13.4. The SMILES string of the molecule is CCCCc1nc2ccc(Br)cc2c(=O)n1N=Cc1cc(Br)c(OCc2ccc(C)cc2)c(OCC)c1. The third-order valence-corrected chi connectivity index (χ3v) is 6.87. The van der Waals surface area contributed by atoms with Gasteiger partial charge in [-0.3, -0.25) is 4.79 Å². The Labute approximate surface area is 233 Å². The molecular formula is C29H29Br2N3O3. The molecule has 4 rings (SSSR count). The van der Waals surface area contributed by atoms with Gasteiger partial charge in [-0.05, 0) is 77.7 Å². The zero-order chi connectivity index (χ0) is 26.4. The van der Waals surface area contributed by atoms with E-state index in [0.29, 0.717) is 47.9 Å². The standard InChI is InChI=1S/C29H29Br2N3O3/c1-4-6-7-27-33-25-13-12-22(30)16-23(25)29(35)34(27)32-17-21-14-24(31)28(26(15-21)36-5-2)37-18-20-10-8-19(3)9-11-20/h8-17H,4-7,18H2,1-3H3. The number of rotatable bonds is 10. The van der Waals surface area contributed by atoms with Gasteiger partial charge in [0, 0.05) is 10.9 Å². The van der Waals surface area contributed by atoms with Gasteiger partial charge in [0.1, 0.15) is 12.4 Å². The first-order valence-corrected chi connectivity index (χ1v) is 13.9. The highest BCUT2D eigenvalue weighted by molar-refractivity contribution is 9.10. The number of aryl methyl sites for hydroxylation is 2. The monoisotopic (exact) mass is 625 g/mol. The lowest BCUT2D eigenvalue weighted by Gasteiger charge is -2.15. The zero-order valence-electron chi connectivity index (χ0n) is 21.1. The molecule has 0 unspecified atom stereocenters. The van der Waals surface area contributed by atoms with Crippen molar-refractivity contribution in [2.75, 3.05) is 6.61 Å². The predicted molar refractivity (Wildman–Crippen MR) is 156 cm³/mol. The van der Waals surface area contributed by atoms with Crippen molar-refractivity contribution < 1.29 is 9.47 Å². The van der Waals surface area contributed by atoms with Crippen molar-refractivity contribution in [3.8, 4) is 11.5 Å². The lowest BCUT2D eigenvalue weighted by molar-refractivity contribution is 0.267. The molecule has 8 heteroatoms. The van der Waals surface area contributed by atoms with Gasteiger partial charge in [0.15, 0.2) is 11.5 Å². The van der Waals surface area contributed by atoms with Crippen LogP contribution in [0.2, 0.25) is 0 Å². The van der Waals surface area contributed by atoms with Crippen LogP contribution in [0.25, 0.3) is 10.9 Å². The van der Waals surface area contributed by atoms with Gasteiger partial charge in [0.25, 0.3) is 5.56 Å². The second-order valence-corrected chi connectivity index (χ2v) is 10.5. The van der Waals surface area contributed by atoms with Gasteiger partial charge in [-0.2, -0.15) is 9.78 Å². The summed E-state index contributed by atoms with van der Waals surface area (Å²) in [6, 6.07) is 17.5. The maximum absolute atomic E-state index is 13.4. The number of hydrogen-bond acceptors (Lipinski definition) is 5. The van der Waals surface area contributed by atoms with Gasteiger partial charge in [0.2, 0.25) is 0 Å². The minimum Gasteiger partial charge on any atom is -0.490 e. The highest BCUT2D eigenvalue weighted by Crippen LogP contribution is 2.37. The molecule has 0 saturated carbocycles. The number of hydrogen-bond donors (Lipinski definition) is 0. The third-order valence-electron chi connectivity index (χ3n) is 5.79. The van der Waals surface area contributed by atoms with Crippen LogP contribution in [0.1, 0.15) is 49.2 Å².